The first-order chi connectivity index (χ1) is 8.31. The van der Waals surface area contributed by atoms with E-state index in [1.54, 1.807) is 33.6 Å². The van der Waals surface area contributed by atoms with Crippen molar-refractivity contribution in [1.29, 1.82) is 0 Å². The fraction of sp³-hybridized carbons (Fsp3) is 0.100. The maximum Gasteiger partial charge on any atom is 0.165 e. The summed E-state index contributed by atoms with van der Waals surface area (Å²) in [5.41, 5.74) is 7.65. The van der Waals surface area contributed by atoms with Crippen LogP contribution in [0.5, 0.6) is 0 Å². The van der Waals surface area contributed by atoms with E-state index in [1.165, 1.54) is 5.56 Å². The van der Waals surface area contributed by atoms with Crippen LogP contribution in [0, 0.1) is 0 Å². The quantitative estimate of drug-likeness (QED) is 0.785. The second kappa shape index (κ2) is 4.27. The Morgan fingerprint density at radius 2 is 2.29 bits per heavy atom. The number of hydrogen-bond acceptors (Lipinski definition) is 6. The lowest BCUT2D eigenvalue weighted by Gasteiger charge is -1.94. The average Bonchev–Trinajstić information content (AvgIpc) is 3.00. The molecule has 0 amide bonds. The van der Waals surface area contributed by atoms with E-state index in [0.29, 0.717) is 12.4 Å². The summed E-state index contributed by atoms with van der Waals surface area (Å²) in [5.74, 6) is 0.429. The third kappa shape index (κ3) is 2.20. The number of thiophene rings is 1. The van der Waals surface area contributed by atoms with Gasteiger partial charge in [0.25, 0.3) is 0 Å². The highest BCUT2D eigenvalue weighted by molar-refractivity contribution is 7.14. The number of anilines is 1. The molecule has 0 fully saturated rings. The van der Waals surface area contributed by atoms with Gasteiger partial charge in [-0.1, -0.05) is 5.21 Å². The van der Waals surface area contributed by atoms with Crippen LogP contribution < -0.4 is 5.73 Å². The molecule has 0 aliphatic rings. The van der Waals surface area contributed by atoms with Crippen LogP contribution in [0.3, 0.4) is 0 Å². The van der Waals surface area contributed by atoms with Gasteiger partial charge in [0.15, 0.2) is 5.82 Å². The topological polar surface area (TPSA) is 69.6 Å². The first-order valence-corrected chi connectivity index (χ1v) is 6.76. The van der Waals surface area contributed by atoms with Gasteiger partial charge in [-0.3, -0.25) is 0 Å². The highest BCUT2D eigenvalue weighted by atomic mass is 32.1. The number of nitrogens with zero attached hydrogens (tertiary/aromatic N) is 4. The Hall–Kier alpha value is -1.73. The molecule has 5 nitrogen and oxygen atoms in total. The molecule has 0 bridgehead atoms. The summed E-state index contributed by atoms with van der Waals surface area (Å²) in [4.78, 5) is 4.55. The van der Waals surface area contributed by atoms with Gasteiger partial charge in [-0.25, -0.2) is 9.67 Å². The molecular formula is C10H9N5S2. The molecule has 0 spiro atoms. The van der Waals surface area contributed by atoms with Crippen LogP contribution in [0.4, 0.5) is 5.82 Å². The van der Waals surface area contributed by atoms with Gasteiger partial charge in [0.1, 0.15) is 5.01 Å². The third-order valence-corrected chi connectivity index (χ3v) is 3.82. The van der Waals surface area contributed by atoms with E-state index in [4.69, 9.17) is 5.73 Å². The highest BCUT2D eigenvalue weighted by Gasteiger charge is 2.06. The van der Waals surface area contributed by atoms with Crippen molar-refractivity contribution in [2.24, 2.45) is 0 Å². The van der Waals surface area contributed by atoms with Gasteiger partial charge in [-0.15, -0.1) is 16.4 Å². The summed E-state index contributed by atoms with van der Waals surface area (Å²) >= 11 is 3.31. The SMILES string of the molecule is Nc1cn(Cc2csc(-c3ccsc3)n2)nn1. The van der Waals surface area contributed by atoms with Gasteiger partial charge < -0.3 is 5.73 Å². The number of nitrogens with two attached hydrogens (primary N) is 1. The zero-order valence-electron chi connectivity index (χ0n) is 8.78. The molecule has 0 saturated carbocycles. The number of hydrogen-bond donors (Lipinski definition) is 1. The number of thiazole rings is 1. The maximum atomic E-state index is 5.50. The van der Waals surface area contributed by atoms with Crippen molar-refractivity contribution in [3.05, 3.63) is 34.1 Å². The molecule has 3 rings (SSSR count). The minimum absolute atomic E-state index is 0.429. The average molecular weight is 263 g/mol. The molecule has 0 saturated heterocycles. The van der Waals surface area contributed by atoms with Crippen molar-refractivity contribution in [2.45, 2.75) is 6.54 Å². The van der Waals surface area contributed by atoms with Gasteiger partial charge in [-0.05, 0) is 11.4 Å². The van der Waals surface area contributed by atoms with Crippen molar-refractivity contribution >= 4 is 28.5 Å². The largest absolute Gasteiger partial charge is 0.381 e. The predicted molar refractivity (Wildman–Crippen MR) is 69.0 cm³/mol. The molecular weight excluding hydrogens is 254 g/mol. The normalized spacial score (nSPS) is 10.8. The minimum atomic E-state index is 0.429. The molecule has 3 aromatic heterocycles. The molecule has 0 radical (unpaired) electrons. The Kier molecular flexibility index (Phi) is 2.62. The standard InChI is InChI=1S/C10H9N5S2/c11-9-4-15(14-13-9)3-8-6-17-10(12-8)7-1-2-16-5-7/h1-2,4-6H,3,11H2. The van der Waals surface area contributed by atoms with Crippen molar-refractivity contribution in [1.82, 2.24) is 20.0 Å². The van der Waals surface area contributed by atoms with E-state index < -0.39 is 0 Å². The van der Waals surface area contributed by atoms with E-state index in [0.717, 1.165) is 10.7 Å². The molecule has 0 unspecified atom stereocenters. The smallest absolute Gasteiger partial charge is 0.165 e. The monoisotopic (exact) mass is 263 g/mol. The number of aromatic nitrogens is 4. The van der Waals surface area contributed by atoms with Crippen LogP contribution in [0.1, 0.15) is 5.69 Å². The molecule has 0 aromatic carbocycles. The summed E-state index contributed by atoms with van der Waals surface area (Å²) in [7, 11) is 0. The van der Waals surface area contributed by atoms with E-state index in [2.05, 4.69) is 32.1 Å². The summed E-state index contributed by atoms with van der Waals surface area (Å²) in [6.07, 6.45) is 1.70. The van der Waals surface area contributed by atoms with Crippen molar-refractivity contribution in [2.75, 3.05) is 5.73 Å². The first kappa shape index (κ1) is 10.4. The summed E-state index contributed by atoms with van der Waals surface area (Å²) < 4.78 is 1.68. The second-order valence-corrected chi connectivity index (χ2v) is 5.14. The van der Waals surface area contributed by atoms with Crippen molar-refractivity contribution in [3.8, 4) is 10.6 Å². The van der Waals surface area contributed by atoms with Crippen LogP contribution in [0.2, 0.25) is 0 Å². The molecule has 0 atom stereocenters. The Morgan fingerprint density at radius 3 is 3.00 bits per heavy atom. The highest BCUT2D eigenvalue weighted by Crippen LogP contribution is 2.25. The molecule has 2 N–H and O–H groups in total. The van der Waals surface area contributed by atoms with Gasteiger partial charge >= 0.3 is 0 Å². The van der Waals surface area contributed by atoms with Crippen molar-refractivity contribution in [3.63, 3.8) is 0 Å². The molecule has 0 aliphatic carbocycles. The van der Waals surface area contributed by atoms with Crippen LogP contribution in [-0.2, 0) is 6.54 Å². The van der Waals surface area contributed by atoms with E-state index in [1.807, 2.05) is 5.38 Å². The lowest BCUT2D eigenvalue weighted by Crippen LogP contribution is -2.00. The zero-order chi connectivity index (χ0) is 11.7. The van der Waals surface area contributed by atoms with Crippen LogP contribution in [0.25, 0.3) is 10.6 Å². The predicted octanol–water partition coefficient (Wildman–Crippen LogP) is 2.09. The fourth-order valence-corrected chi connectivity index (χ4v) is 2.98. The lowest BCUT2D eigenvalue weighted by atomic mass is 10.3. The second-order valence-electron chi connectivity index (χ2n) is 3.50. The van der Waals surface area contributed by atoms with E-state index in [-0.39, 0.29) is 0 Å². The van der Waals surface area contributed by atoms with E-state index in [9.17, 15) is 0 Å². The molecule has 0 aliphatic heterocycles. The minimum Gasteiger partial charge on any atom is -0.381 e. The first-order valence-electron chi connectivity index (χ1n) is 4.94. The van der Waals surface area contributed by atoms with Gasteiger partial charge in [-0.2, -0.15) is 11.3 Å². The Bertz CT molecular complexity index is 610. The molecule has 86 valence electrons. The summed E-state index contributed by atoms with van der Waals surface area (Å²) in [5, 5.41) is 14.8. The molecule has 3 heterocycles. The van der Waals surface area contributed by atoms with Crippen molar-refractivity contribution < 1.29 is 0 Å². The third-order valence-electron chi connectivity index (χ3n) is 2.20. The maximum absolute atomic E-state index is 5.50. The van der Waals surface area contributed by atoms with Crippen LogP contribution in [-0.4, -0.2) is 20.0 Å². The zero-order valence-corrected chi connectivity index (χ0v) is 10.4. The van der Waals surface area contributed by atoms with Crippen LogP contribution in [0.15, 0.2) is 28.4 Å². The van der Waals surface area contributed by atoms with Crippen LogP contribution >= 0.6 is 22.7 Å². The van der Waals surface area contributed by atoms with Gasteiger partial charge in [0.05, 0.1) is 18.4 Å². The Labute approximate surface area is 106 Å². The fourth-order valence-electron chi connectivity index (χ4n) is 1.45. The Morgan fingerprint density at radius 1 is 1.35 bits per heavy atom. The van der Waals surface area contributed by atoms with E-state index >= 15 is 0 Å². The van der Waals surface area contributed by atoms with Gasteiger partial charge in [0, 0.05) is 16.3 Å². The summed E-state index contributed by atoms with van der Waals surface area (Å²) in [6, 6.07) is 2.07. The molecule has 17 heavy (non-hydrogen) atoms. The number of nitrogen functional groups attached to an aromatic ring is 1. The molecule has 3 aromatic rings. The number of rotatable bonds is 3. The lowest BCUT2D eigenvalue weighted by molar-refractivity contribution is 0.641. The Balaban J connectivity index is 1.81. The summed E-state index contributed by atoms with van der Waals surface area (Å²) in [6.45, 7) is 0.602. The molecule has 7 heteroatoms. The van der Waals surface area contributed by atoms with Gasteiger partial charge in [0.2, 0.25) is 0 Å².